The van der Waals surface area contributed by atoms with Gasteiger partial charge in [-0.05, 0) is 66.1 Å². The minimum atomic E-state index is -0.504. The largest absolute Gasteiger partial charge is 0.495 e. The third kappa shape index (κ3) is 5.51. The molecular weight excluding hydrogens is 528 g/mol. The van der Waals surface area contributed by atoms with Crippen LogP contribution >= 0.6 is 0 Å². The molecule has 2 unspecified atom stereocenters. The van der Waals surface area contributed by atoms with Gasteiger partial charge in [-0.15, -0.1) is 0 Å². The highest BCUT2D eigenvalue weighted by molar-refractivity contribution is 6.10. The van der Waals surface area contributed by atoms with Crippen LogP contribution < -0.4 is 24.8 Å². The van der Waals surface area contributed by atoms with E-state index in [9.17, 15) is 9.59 Å². The number of para-hydroxylation sites is 2. The Hall–Kier alpha value is -4.52. The lowest BCUT2D eigenvalue weighted by atomic mass is 9.71. The Morgan fingerprint density at radius 2 is 1.52 bits per heavy atom. The minimum absolute atomic E-state index is 0.0246. The molecule has 0 radical (unpaired) electrons. The molecule has 218 valence electrons. The number of carbonyl (C=O) groups is 2. The Morgan fingerprint density at radius 3 is 2.19 bits per heavy atom. The molecular formula is C35H38N2O5. The molecule has 42 heavy (non-hydrogen) atoms. The minimum Gasteiger partial charge on any atom is -0.495 e. The molecule has 0 saturated heterocycles. The number of hydrogen-bond donors (Lipinski definition) is 2. The molecule has 1 aliphatic heterocycles. The summed E-state index contributed by atoms with van der Waals surface area (Å²) in [4.78, 5) is 28.0. The van der Waals surface area contributed by atoms with Crippen molar-refractivity contribution in [2.24, 2.45) is 0 Å². The van der Waals surface area contributed by atoms with Crippen molar-refractivity contribution in [3.63, 3.8) is 0 Å². The molecule has 3 aromatic rings. The second-order valence-electron chi connectivity index (χ2n) is 11.1. The maximum absolute atomic E-state index is 14.1. The molecule has 1 amide bonds. The number of amides is 1. The van der Waals surface area contributed by atoms with Gasteiger partial charge < -0.3 is 24.8 Å². The van der Waals surface area contributed by atoms with Crippen molar-refractivity contribution in [2.45, 2.75) is 51.4 Å². The van der Waals surface area contributed by atoms with Crippen molar-refractivity contribution in [3.8, 4) is 17.2 Å². The van der Waals surface area contributed by atoms with Crippen LogP contribution in [-0.4, -0.2) is 33.0 Å². The van der Waals surface area contributed by atoms with Gasteiger partial charge in [0.15, 0.2) is 17.3 Å². The van der Waals surface area contributed by atoms with Crippen molar-refractivity contribution in [2.75, 3.05) is 26.6 Å². The lowest BCUT2D eigenvalue weighted by Gasteiger charge is -2.37. The fraction of sp³-hybridized carbons (Fsp3) is 0.314. The topological polar surface area (TPSA) is 85.9 Å². The first-order valence-electron chi connectivity index (χ1n) is 14.3. The Labute approximate surface area is 247 Å². The van der Waals surface area contributed by atoms with Gasteiger partial charge in [-0.2, -0.15) is 0 Å². The fourth-order valence-corrected chi connectivity index (χ4v) is 6.03. The van der Waals surface area contributed by atoms with E-state index in [2.05, 4.69) is 36.6 Å². The van der Waals surface area contributed by atoms with Crippen LogP contribution in [0.3, 0.4) is 0 Å². The lowest BCUT2D eigenvalue weighted by molar-refractivity contribution is -0.116. The lowest BCUT2D eigenvalue weighted by Crippen LogP contribution is -2.37. The Morgan fingerprint density at radius 1 is 0.857 bits per heavy atom. The first-order chi connectivity index (χ1) is 20.2. The van der Waals surface area contributed by atoms with E-state index in [1.165, 1.54) is 5.56 Å². The molecule has 5 rings (SSSR count). The number of carbonyl (C=O) groups excluding carboxylic acids is 2. The first kappa shape index (κ1) is 29.0. The predicted octanol–water partition coefficient (Wildman–Crippen LogP) is 6.84. The van der Waals surface area contributed by atoms with E-state index in [0.29, 0.717) is 52.8 Å². The number of nitrogens with one attached hydrogen (secondary N) is 2. The van der Waals surface area contributed by atoms with Crippen LogP contribution in [0.15, 0.2) is 89.3 Å². The molecule has 3 aromatic carbocycles. The van der Waals surface area contributed by atoms with Crippen LogP contribution in [0.4, 0.5) is 5.69 Å². The van der Waals surface area contributed by atoms with E-state index in [4.69, 9.17) is 14.2 Å². The number of hydrogen-bond acceptors (Lipinski definition) is 6. The fourth-order valence-electron chi connectivity index (χ4n) is 6.03. The smallest absolute Gasteiger partial charge is 0.254 e. The third-order valence-electron chi connectivity index (χ3n) is 8.24. The van der Waals surface area contributed by atoms with E-state index in [1.807, 2.05) is 49.4 Å². The van der Waals surface area contributed by atoms with Gasteiger partial charge in [0.05, 0.1) is 27.0 Å². The Kier molecular flexibility index (Phi) is 8.39. The third-order valence-corrected chi connectivity index (χ3v) is 8.24. The summed E-state index contributed by atoms with van der Waals surface area (Å²) in [5.74, 6) is 1.42. The van der Waals surface area contributed by atoms with Crippen LogP contribution in [-0.2, 0) is 9.59 Å². The Bertz CT molecular complexity index is 1570. The molecule has 0 spiro atoms. The second-order valence-corrected chi connectivity index (χ2v) is 11.1. The standard InChI is InChI=1S/C35H38N2O5/c1-20(2)22-11-13-23(14-12-22)33-32(35(39)37-26-9-7-8-10-29(26)40-4)21(3)36-27-17-25(18-28(38)34(27)33)24-15-16-30(41-5)31(19-24)42-6/h7-16,19-20,25,33,36H,17-18H2,1-6H3,(H,37,39). The molecule has 0 bridgehead atoms. The van der Waals surface area contributed by atoms with E-state index < -0.39 is 5.92 Å². The number of anilines is 1. The van der Waals surface area contributed by atoms with E-state index >= 15 is 0 Å². The summed E-state index contributed by atoms with van der Waals surface area (Å²) in [5.41, 5.74) is 6.45. The quantitative estimate of drug-likeness (QED) is 0.311. The van der Waals surface area contributed by atoms with Crippen molar-refractivity contribution < 1.29 is 23.8 Å². The van der Waals surface area contributed by atoms with Crippen LogP contribution in [0, 0.1) is 0 Å². The number of dihydropyridines is 1. The number of allylic oxidation sites excluding steroid dienone is 3. The van der Waals surface area contributed by atoms with E-state index in [0.717, 1.165) is 22.5 Å². The maximum atomic E-state index is 14.1. The summed E-state index contributed by atoms with van der Waals surface area (Å²) < 4.78 is 16.4. The zero-order chi connectivity index (χ0) is 30.0. The summed E-state index contributed by atoms with van der Waals surface area (Å²) in [6.07, 6.45) is 0.965. The molecule has 2 atom stereocenters. The van der Waals surface area contributed by atoms with Crippen molar-refractivity contribution in [1.82, 2.24) is 5.32 Å². The highest BCUT2D eigenvalue weighted by Crippen LogP contribution is 2.46. The number of benzene rings is 3. The highest BCUT2D eigenvalue weighted by atomic mass is 16.5. The van der Waals surface area contributed by atoms with Gasteiger partial charge in [-0.1, -0.05) is 56.3 Å². The molecule has 0 fully saturated rings. The second kappa shape index (κ2) is 12.1. The SMILES string of the molecule is COc1ccccc1NC(=O)C1=C(C)NC2=C(C(=O)CC(c3ccc(OC)c(OC)c3)C2)C1c1ccc(C(C)C)cc1. The van der Waals surface area contributed by atoms with Crippen molar-refractivity contribution in [3.05, 3.63) is 106 Å². The van der Waals surface area contributed by atoms with Crippen LogP contribution in [0.5, 0.6) is 17.2 Å². The summed E-state index contributed by atoms with van der Waals surface area (Å²) >= 11 is 0. The van der Waals surface area contributed by atoms with Gasteiger partial charge in [-0.25, -0.2) is 0 Å². The van der Waals surface area contributed by atoms with Gasteiger partial charge in [0, 0.05) is 34.9 Å². The van der Waals surface area contributed by atoms with Crippen LogP contribution in [0.2, 0.25) is 0 Å². The van der Waals surface area contributed by atoms with Gasteiger partial charge in [0.2, 0.25) is 0 Å². The number of rotatable bonds is 8. The van der Waals surface area contributed by atoms with E-state index in [1.54, 1.807) is 33.5 Å². The van der Waals surface area contributed by atoms with Gasteiger partial charge >= 0.3 is 0 Å². The number of ketones is 1. The number of ether oxygens (including phenoxy) is 3. The maximum Gasteiger partial charge on any atom is 0.254 e. The van der Waals surface area contributed by atoms with Gasteiger partial charge in [-0.3, -0.25) is 9.59 Å². The van der Waals surface area contributed by atoms with Crippen LogP contribution in [0.1, 0.15) is 68.1 Å². The zero-order valence-corrected chi connectivity index (χ0v) is 25.0. The monoisotopic (exact) mass is 566 g/mol. The normalized spacial score (nSPS) is 18.4. The average molecular weight is 567 g/mol. The average Bonchev–Trinajstić information content (AvgIpc) is 3.00. The molecule has 1 heterocycles. The number of methoxy groups -OCH3 is 3. The molecule has 2 aliphatic rings. The van der Waals surface area contributed by atoms with E-state index in [-0.39, 0.29) is 17.6 Å². The molecule has 7 heteroatoms. The first-order valence-corrected chi connectivity index (χ1v) is 14.3. The predicted molar refractivity (Wildman–Crippen MR) is 164 cm³/mol. The molecule has 7 nitrogen and oxygen atoms in total. The highest BCUT2D eigenvalue weighted by Gasteiger charge is 2.41. The van der Waals surface area contributed by atoms with Gasteiger partial charge in [0.1, 0.15) is 5.75 Å². The Balaban J connectivity index is 1.56. The zero-order valence-electron chi connectivity index (χ0n) is 25.0. The molecule has 0 saturated carbocycles. The van der Waals surface area contributed by atoms with Crippen molar-refractivity contribution in [1.29, 1.82) is 0 Å². The summed E-state index contributed by atoms with van der Waals surface area (Å²) in [6, 6.07) is 21.4. The summed E-state index contributed by atoms with van der Waals surface area (Å²) in [5, 5.41) is 6.50. The van der Waals surface area contributed by atoms with Crippen LogP contribution in [0.25, 0.3) is 0 Å². The van der Waals surface area contributed by atoms with Crippen molar-refractivity contribution >= 4 is 17.4 Å². The molecule has 0 aromatic heterocycles. The summed E-state index contributed by atoms with van der Waals surface area (Å²) in [7, 11) is 4.79. The molecule has 1 aliphatic carbocycles. The van der Waals surface area contributed by atoms with Gasteiger partial charge in [0.25, 0.3) is 5.91 Å². The summed E-state index contributed by atoms with van der Waals surface area (Å²) in [6.45, 7) is 6.20. The molecule has 2 N–H and O–H groups in total. The number of Topliss-reactive ketones (excluding diaryl/α,β-unsaturated/α-hetero) is 1.